The minimum absolute atomic E-state index is 0.0689. The largest absolute Gasteiger partial charge is 0.441 e. The third kappa shape index (κ3) is 4.50. The number of halogens is 1. The van der Waals surface area contributed by atoms with E-state index in [4.69, 9.17) is 20.5 Å². The number of carbonyl (C=O) groups is 1. The molecule has 0 radical (unpaired) electrons. The summed E-state index contributed by atoms with van der Waals surface area (Å²) < 4.78 is 10.9. The lowest BCUT2D eigenvalue weighted by atomic mass is 9.81. The van der Waals surface area contributed by atoms with Crippen molar-refractivity contribution in [3.05, 3.63) is 53.1 Å². The van der Waals surface area contributed by atoms with Crippen LogP contribution in [0.2, 0.25) is 5.02 Å². The average molecular weight is 415 g/mol. The minimum Gasteiger partial charge on any atom is -0.441 e. The normalized spacial score (nSPS) is 15.9. The Morgan fingerprint density at radius 3 is 2.66 bits per heavy atom. The molecule has 4 rings (SSSR count). The van der Waals surface area contributed by atoms with Gasteiger partial charge in [-0.3, -0.25) is 4.79 Å². The van der Waals surface area contributed by atoms with E-state index in [0.29, 0.717) is 34.8 Å². The molecule has 152 valence electrons. The molecule has 0 bridgehead atoms. The van der Waals surface area contributed by atoms with Gasteiger partial charge in [-0.25, -0.2) is 4.98 Å². The Labute approximate surface area is 173 Å². The topological polar surface area (TPSA) is 94.1 Å². The van der Waals surface area contributed by atoms with Gasteiger partial charge in [-0.15, -0.1) is 0 Å². The number of hydrogen-bond donors (Lipinski definition) is 1. The zero-order valence-corrected chi connectivity index (χ0v) is 17.0. The van der Waals surface area contributed by atoms with Gasteiger partial charge in [0.2, 0.25) is 11.8 Å². The molecule has 3 aromatic rings. The van der Waals surface area contributed by atoms with Crippen LogP contribution in [0.4, 0.5) is 0 Å². The summed E-state index contributed by atoms with van der Waals surface area (Å²) in [4.78, 5) is 21.4. The summed E-state index contributed by atoms with van der Waals surface area (Å²) >= 11 is 5.92. The fourth-order valence-electron chi connectivity index (χ4n) is 3.78. The van der Waals surface area contributed by atoms with Crippen molar-refractivity contribution < 1.29 is 13.7 Å². The lowest BCUT2D eigenvalue weighted by Crippen LogP contribution is -2.48. The van der Waals surface area contributed by atoms with Crippen LogP contribution < -0.4 is 5.32 Å². The fraction of sp³-hybridized carbons (Fsp3) is 0.429. The third-order valence-corrected chi connectivity index (χ3v) is 5.54. The predicted octanol–water partition coefficient (Wildman–Crippen LogP) is 4.59. The van der Waals surface area contributed by atoms with E-state index in [1.54, 1.807) is 25.3 Å². The van der Waals surface area contributed by atoms with Gasteiger partial charge in [-0.1, -0.05) is 36.0 Å². The lowest BCUT2D eigenvalue weighted by Gasteiger charge is -2.35. The lowest BCUT2D eigenvalue weighted by molar-refractivity contribution is -0.123. The molecule has 1 aliphatic carbocycles. The van der Waals surface area contributed by atoms with Crippen LogP contribution >= 0.6 is 11.6 Å². The highest BCUT2D eigenvalue weighted by molar-refractivity contribution is 6.30. The molecule has 29 heavy (non-hydrogen) atoms. The maximum atomic E-state index is 12.7. The zero-order valence-electron chi connectivity index (χ0n) is 16.3. The molecule has 2 heterocycles. The molecule has 1 saturated carbocycles. The quantitative estimate of drug-likeness (QED) is 0.633. The molecule has 1 amide bonds. The maximum absolute atomic E-state index is 12.7. The van der Waals surface area contributed by atoms with Gasteiger partial charge >= 0.3 is 0 Å². The molecule has 0 aliphatic heterocycles. The van der Waals surface area contributed by atoms with E-state index in [9.17, 15) is 4.79 Å². The first-order valence-corrected chi connectivity index (χ1v) is 10.2. The van der Waals surface area contributed by atoms with Crippen LogP contribution in [-0.4, -0.2) is 21.0 Å². The number of aromatic nitrogens is 3. The number of oxazole rings is 1. The predicted molar refractivity (Wildman–Crippen MR) is 107 cm³/mol. The van der Waals surface area contributed by atoms with Crippen LogP contribution in [0.1, 0.15) is 56.1 Å². The average Bonchev–Trinajstić information content (AvgIpc) is 3.37. The summed E-state index contributed by atoms with van der Waals surface area (Å²) in [6, 6.07) is 7.35. The van der Waals surface area contributed by atoms with E-state index in [1.807, 2.05) is 12.1 Å². The van der Waals surface area contributed by atoms with Crippen LogP contribution in [0.3, 0.4) is 0 Å². The number of rotatable bonds is 6. The van der Waals surface area contributed by atoms with Gasteiger partial charge in [-0.05, 0) is 37.1 Å². The minimum atomic E-state index is -0.543. The molecule has 1 fully saturated rings. The smallest absolute Gasteiger partial charge is 0.223 e. The van der Waals surface area contributed by atoms with Gasteiger partial charge < -0.3 is 14.3 Å². The van der Waals surface area contributed by atoms with Crippen LogP contribution in [0.15, 0.2) is 39.4 Å². The first kappa shape index (κ1) is 19.6. The monoisotopic (exact) mass is 414 g/mol. The zero-order chi connectivity index (χ0) is 20.3. The second-order valence-corrected chi connectivity index (χ2v) is 7.89. The summed E-state index contributed by atoms with van der Waals surface area (Å²) in [6.07, 6.45) is 7.20. The Balaban J connectivity index is 1.39. The van der Waals surface area contributed by atoms with E-state index in [1.165, 1.54) is 0 Å². The molecule has 0 atom stereocenters. The van der Waals surface area contributed by atoms with Gasteiger partial charge in [0.05, 0.1) is 6.20 Å². The number of carbonyl (C=O) groups excluding carboxylic acids is 1. The van der Waals surface area contributed by atoms with Crippen LogP contribution in [0.5, 0.6) is 0 Å². The summed E-state index contributed by atoms with van der Waals surface area (Å²) in [5.41, 5.74) is 0.351. The standard InChI is InChI=1S/C21H23ClN4O3/c1-14-24-20(26-29-14)21(11-3-2-4-12-21)25-18(27)9-10-19-23-13-17(28-19)15-5-7-16(22)8-6-15/h5-8,13H,2-4,9-12H2,1H3,(H,25,27). The molecule has 2 aromatic heterocycles. The molecular weight excluding hydrogens is 392 g/mol. The Hall–Kier alpha value is -2.67. The summed E-state index contributed by atoms with van der Waals surface area (Å²) in [5.74, 6) is 2.19. The van der Waals surface area contributed by atoms with Gasteiger partial charge in [-0.2, -0.15) is 4.98 Å². The van der Waals surface area contributed by atoms with Gasteiger partial charge in [0.15, 0.2) is 17.5 Å². The highest BCUT2D eigenvalue weighted by Crippen LogP contribution is 2.35. The molecule has 1 aliphatic rings. The van der Waals surface area contributed by atoms with Crippen molar-refractivity contribution in [3.8, 4) is 11.3 Å². The van der Waals surface area contributed by atoms with Crippen molar-refractivity contribution in [2.75, 3.05) is 0 Å². The number of benzene rings is 1. The second-order valence-electron chi connectivity index (χ2n) is 7.45. The first-order valence-electron chi connectivity index (χ1n) is 9.86. The SMILES string of the molecule is Cc1nc(C2(NC(=O)CCc3ncc(-c4ccc(Cl)cc4)o3)CCCCC2)no1. The number of hydrogen-bond acceptors (Lipinski definition) is 6. The molecule has 8 heteroatoms. The maximum Gasteiger partial charge on any atom is 0.223 e. The summed E-state index contributed by atoms with van der Waals surface area (Å²) in [7, 11) is 0. The third-order valence-electron chi connectivity index (χ3n) is 5.29. The molecular formula is C21H23ClN4O3. The Morgan fingerprint density at radius 2 is 1.97 bits per heavy atom. The van der Waals surface area contributed by atoms with E-state index >= 15 is 0 Å². The van der Waals surface area contributed by atoms with Gasteiger partial charge in [0, 0.05) is 30.4 Å². The number of amides is 1. The summed E-state index contributed by atoms with van der Waals surface area (Å²) in [6.45, 7) is 1.76. The van der Waals surface area contributed by atoms with E-state index in [0.717, 1.165) is 37.7 Å². The van der Waals surface area contributed by atoms with Crippen molar-refractivity contribution in [2.45, 2.75) is 57.4 Å². The molecule has 0 spiro atoms. The number of aryl methyl sites for hydroxylation is 2. The van der Waals surface area contributed by atoms with Crippen LogP contribution in [0.25, 0.3) is 11.3 Å². The highest BCUT2D eigenvalue weighted by atomic mass is 35.5. The van der Waals surface area contributed by atoms with Crippen molar-refractivity contribution in [1.82, 2.24) is 20.4 Å². The highest BCUT2D eigenvalue weighted by Gasteiger charge is 2.39. The van der Waals surface area contributed by atoms with Crippen molar-refractivity contribution >= 4 is 17.5 Å². The molecule has 7 nitrogen and oxygen atoms in total. The first-order chi connectivity index (χ1) is 14.0. The van der Waals surface area contributed by atoms with Crippen molar-refractivity contribution in [2.24, 2.45) is 0 Å². The van der Waals surface area contributed by atoms with Crippen molar-refractivity contribution in [1.29, 1.82) is 0 Å². The Morgan fingerprint density at radius 1 is 1.21 bits per heavy atom. The number of nitrogens with zero attached hydrogens (tertiary/aromatic N) is 3. The second kappa shape index (κ2) is 8.37. The van der Waals surface area contributed by atoms with Crippen LogP contribution in [0, 0.1) is 6.92 Å². The molecule has 0 saturated heterocycles. The summed E-state index contributed by atoms with van der Waals surface area (Å²) in [5, 5.41) is 7.92. The van der Waals surface area contributed by atoms with Crippen molar-refractivity contribution in [3.63, 3.8) is 0 Å². The van der Waals surface area contributed by atoms with Gasteiger partial charge in [0.1, 0.15) is 5.54 Å². The van der Waals surface area contributed by atoms with E-state index < -0.39 is 5.54 Å². The van der Waals surface area contributed by atoms with Gasteiger partial charge in [0.25, 0.3) is 0 Å². The molecule has 0 unspecified atom stereocenters. The van der Waals surface area contributed by atoms with E-state index in [-0.39, 0.29) is 12.3 Å². The fourth-order valence-corrected chi connectivity index (χ4v) is 3.90. The van der Waals surface area contributed by atoms with Crippen LogP contribution in [-0.2, 0) is 16.8 Å². The number of nitrogens with one attached hydrogen (secondary N) is 1. The Kier molecular flexibility index (Phi) is 5.67. The van der Waals surface area contributed by atoms with E-state index in [2.05, 4.69) is 20.4 Å². The Bertz CT molecular complexity index is 974. The molecule has 1 N–H and O–H groups in total. The molecule has 1 aromatic carbocycles.